The highest BCUT2D eigenvalue weighted by Crippen LogP contribution is 2.32. The van der Waals surface area contributed by atoms with Gasteiger partial charge in [0.25, 0.3) is 0 Å². The van der Waals surface area contributed by atoms with Crippen LogP contribution in [0, 0.1) is 5.92 Å². The van der Waals surface area contributed by atoms with E-state index in [0.29, 0.717) is 0 Å². The molecule has 0 atom stereocenters. The van der Waals surface area contributed by atoms with Crippen molar-refractivity contribution in [2.75, 3.05) is 49.6 Å². The summed E-state index contributed by atoms with van der Waals surface area (Å²) in [6.07, 6.45) is 1.32. The smallest absolute Gasteiger partial charge is 0.0604 e. The second-order valence-corrected chi connectivity index (χ2v) is 5.21. The Labute approximate surface area is 103 Å². The summed E-state index contributed by atoms with van der Waals surface area (Å²) >= 11 is 0. The van der Waals surface area contributed by atoms with Crippen LogP contribution in [0.5, 0.6) is 0 Å². The van der Waals surface area contributed by atoms with Gasteiger partial charge in [-0.2, -0.15) is 0 Å². The fourth-order valence-electron chi connectivity index (χ4n) is 2.69. The Kier molecular flexibility index (Phi) is 2.93. The number of nitrogens with one attached hydrogen (secondary N) is 1. The van der Waals surface area contributed by atoms with Crippen molar-refractivity contribution in [3.8, 4) is 0 Å². The number of rotatable bonds is 3. The largest absolute Gasteiger partial charge is 0.371 e. The van der Waals surface area contributed by atoms with Crippen LogP contribution in [-0.2, 0) is 0 Å². The summed E-state index contributed by atoms with van der Waals surface area (Å²) in [5, 5.41) is 3.35. The van der Waals surface area contributed by atoms with Crippen molar-refractivity contribution >= 4 is 11.4 Å². The number of para-hydroxylation sites is 2. The molecule has 0 saturated carbocycles. The van der Waals surface area contributed by atoms with Crippen molar-refractivity contribution in [2.24, 2.45) is 5.92 Å². The molecule has 3 nitrogen and oxygen atoms in total. The first-order chi connectivity index (χ1) is 8.34. The van der Waals surface area contributed by atoms with Gasteiger partial charge < -0.3 is 15.1 Å². The van der Waals surface area contributed by atoms with E-state index in [4.69, 9.17) is 0 Å². The van der Waals surface area contributed by atoms with E-state index in [1.165, 1.54) is 37.4 Å². The number of hydrogen-bond donors (Lipinski definition) is 1. The molecule has 0 aliphatic carbocycles. The summed E-state index contributed by atoms with van der Waals surface area (Å²) < 4.78 is 0. The van der Waals surface area contributed by atoms with Crippen LogP contribution in [0.25, 0.3) is 0 Å². The molecule has 0 radical (unpaired) electrons. The second-order valence-electron chi connectivity index (χ2n) is 5.21. The molecule has 92 valence electrons. The zero-order valence-corrected chi connectivity index (χ0v) is 10.5. The molecule has 2 heterocycles. The monoisotopic (exact) mass is 231 g/mol. The van der Waals surface area contributed by atoms with Gasteiger partial charge in [-0.25, -0.2) is 0 Å². The normalized spacial score (nSPS) is 20.1. The van der Waals surface area contributed by atoms with Crippen molar-refractivity contribution < 1.29 is 0 Å². The lowest BCUT2D eigenvalue weighted by Gasteiger charge is -2.38. The molecule has 0 aromatic heterocycles. The van der Waals surface area contributed by atoms with Crippen molar-refractivity contribution in [3.05, 3.63) is 24.3 Å². The first-order valence-corrected chi connectivity index (χ1v) is 6.60. The molecular weight excluding hydrogens is 210 g/mol. The van der Waals surface area contributed by atoms with Gasteiger partial charge in [0.2, 0.25) is 0 Å². The Hall–Kier alpha value is -1.22. The van der Waals surface area contributed by atoms with E-state index in [2.05, 4.69) is 46.4 Å². The molecule has 3 heteroatoms. The van der Waals surface area contributed by atoms with Crippen LogP contribution < -0.4 is 15.1 Å². The van der Waals surface area contributed by atoms with E-state index >= 15 is 0 Å². The lowest BCUT2D eigenvalue weighted by Crippen LogP contribution is -2.45. The molecule has 2 aliphatic rings. The molecule has 17 heavy (non-hydrogen) atoms. The quantitative estimate of drug-likeness (QED) is 0.851. The first kappa shape index (κ1) is 10.9. The number of hydrogen-bond acceptors (Lipinski definition) is 3. The Balaban J connectivity index is 1.71. The molecule has 3 rings (SSSR count). The molecule has 1 fully saturated rings. The standard InChI is InChI=1S/C14H21N3/c1-16-8-9-17(7-6-12-10-15-11-12)14-5-3-2-4-13(14)16/h2-5,12,15H,6-11H2,1H3. The highest BCUT2D eigenvalue weighted by molar-refractivity contribution is 5.72. The molecule has 0 unspecified atom stereocenters. The van der Waals surface area contributed by atoms with E-state index in [0.717, 1.165) is 19.0 Å². The van der Waals surface area contributed by atoms with Gasteiger partial charge in [0, 0.05) is 26.7 Å². The van der Waals surface area contributed by atoms with Crippen LogP contribution in [0.2, 0.25) is 0 Å². The minimum Gasteiger partial charge on any atom is -0.371 e. The fraction of sp³-hybridized carbons (Fsp3) is 0.571. The van der Waals surface area contributed by atoms with Crippen LogP contribution in [0.3, 0.4) is 0 Å². The molecule has 1 saturated heterocycles. The van der Waals surface area contributed by atoms with E-state index in [-0.39, 0.29) is 0 Å². The minimum absolute atomic E-state index is 0.904. The van der Waals surface area contributed by atoms with Gasteiger partial charge in [-0.1, -0.05) is 12.1 Å². The Morgan fingerprint density at radius 3 is 2.65 bits per heavy atom. The molecule has 1 aromatic rings. The van der Waals surface area contributed by atoms with Crippen molar-refractivity contribution in [1.29, 1.82) is 0 Å². The molecule has 1 aromatic carbocycles. The molecule has 0 bridgehead atoms. The van der Waals surface area contributed by atoms with Gasteiger partial charge in [0.1, 0.15) is 0 Å². The number of likely N-dealkylation sites (N-methyl/N-ethyl adjacent to an activating group) is 1. The predicted octanol–water partition coefficient (Wildman–Crippen LogP) is 1.55. The topological polar surface area (TPSA) is 18.5 Å². The van der Waals surface area contributed by atoms with E-state index < -0.39 is 0 Å². The Morgan fingerprint density at radius 2 is 1.94 bits per heavy atom. The van der Waals surface area contributed by atoms with E-state index in [1.54, 1.807) is 0 Å². The van der Waals surface area contributed by atoms with E-state index in [1.807, 2.05) is 0 Å². The van der Waals surface area contributed by atoms with Gasteiger partial charge >= 0.3 is 0 Å². The number of fused-ring (bicyclic) bond motifs is 1. The Morgan fingerprint density at radius 1 is 1.18 bits per heavy atom. The van der Waals surface area contributed by atoms with E-state index in [9.17, 15) is 0 Å². The molecule has 0 spiro atoms. The fourth-order valence-corrected chi connectivity index (χ4v) is 2.69. The third-order valence-electron chi connectivity index (χ3n) is 4.01. The van der Waals surface area contributed by atoms with Gasteiger partial charge in [0.05, 0.1) is 11.4 Å². The van der Waals surface area contributed by atoms with Gasteiger partial charge in [-0.15, -0.1) is 0 Å². The SMILES string of the molecule is CN1CCN(CCC2CNC2)c2ccccc21. The molecular formula is C14H21N3. The lowest BCUT2D eigenvalue weighted by molar-refractivity contribution is 0.328. The average Bonchev–Trinajstić information content (AvgIpc) is 2.30. The lowest BCUT2D eigenvalue weighted by atomic mass is 9.99. The first-order valence-electron chi connectivity index (χ1n) is 6.60. The highest BCUT2D eigenvalue weighted by atomic mass is 15.2. The minimum atomic E-state index is 0.904. The molecule has 0 amide bonds. The maximum Gasteiger partial charge on any atom is 0.0604 e. The Bertz CT molecular complexity index is 387. The summed E-state index contributed by atoms with van der Waals surface area (Å²) in [6.45, 7) is 5.94. The maximum absolute atomic E-state index is 3.35. The highest BCUT2D eigenvalue weighted by Gasteiger charge is 2.22. The van der Waals surface area contributed by atoms with Crippen LogP contribution >= 0.6 is 0 Å². The van der Waals surface area contributed by atoms with Crippen molar-refractivity contribution in [2.45, 2.75) is 6.42 Å². The zero-order chi connectivity index (χ0) is 11.7. The number of benzene rings is 1. The van der Waals surface area contributed by atoms with Gasteiger partial charge in [0.15, 0.2) is 0 Å². The summed E-state index contributed by atoms with van der Waals surface area (Å²) in [5.74, 6) is 0.904. The molecule has 1 N–H and O–H groups in total. The maximum atomic E-state index is 3.35. The van der Waals surface area contributed by atoms with Crippen molar-refractivity contribution in [3.63, 3.8) is 0 Å². The third kappa shape index (κ3) is 2.12. The summed E-state index contributed by atoms with van der Waals surface area (Å²) in [6, 6.07) is 8.76. The van der Waals surface area contributed by atoms with Gasteiger partial charge in [-0.3, -0.25) is 0 Å². The van der Waals surface area contributed by atoms with Crippen LogP contribution in [0.1, 0.15) is 6.42 Å². The summed E-state index contributed by atoms with van der Waals surface area (Å²) in [5.41, 5.74) is 2.79. The number of nitrogens with zero attached hydrogens (tertiary/aromatic N) is 2. The summed E-state index contributed by atoms with van der Waals surface area (Å²) in [4.78, 5) is 4.91. The van der Waals surface area contributed by atoms with Crippen LogP contribution in [-0.4, -0.2) is 39.8 Å². The summed E-state index contributed by atoms with van der Waals surface area (Å²) in [7, 11) is 2.19. The predicted molar refractivity (Wildman–Crippen MR) is 72.9 cm³/mol. The molecule has 2 aliphatic heterocycles. The number of anilines is 2. The zero-order valence-electron chi connectivity index (χ0n) is 10.5. The average molecular weight is 231 g/mol. The van der Waals surface area contributed by atoms with Crippen molar-refractivity contribution in [1.82, 2.24) is 5.32 Å². The second kappa shape index (κ2) is 4.57. The van der Waals surface area contributed by atoms with Crippen LogP contribution in [0.15, 0.2) is 24.3 Å². The van der Waals surface area contributed by atoms with Crippen LogP contribution in [0.4, 0.5) is 11.4 Å². The third-order valence-corrected chi connectivity index (χ3v) is 4.01. The van der Waals surface area contributed by atoms with Gasteiger partial charge in [-0.05, 0) is 37.6 Å².